The fourth-order valence-electron chi connectivity index (χ4n) is 2.17. The van der Waals surface area contributed by atoms with Gasteiger partial charge in [-0.25, -0.2) is 8.78 Å². The van der Waals surface area contributed by atoms with Crippen molar-refractivity contribution in [3.05, 3.63) is 65.6 Å². The second-order valence-electron chi connectivity index (χ2n) is 4.81. The Morgan fingerprint density at radius 3 is 2.82 bits per heavy atom. The largest absolute Gasteiger partial charge is 0.342 e. The lowest BCUT2D eigenvalue weighted by Crippen LogP contribution is -2.28. The summed E-state index contributed by atoms with van der Waals surface area (Å²) in [7, 11) is 0. The van der Waals surface area contributed by atoms with Crippen LogP contribution in [0.2, 0.25) is 0 Å². The molecule has 0 saturated heterocycles. The molecule has 3 rings (SSSR count). The zero-order valence-electron chi connectivity index (χ0n) is 11.6. The Kier molecular flexibility index (Phi) is 3.54. The minimum absolute atomic E-state index is 0.220. The van der Waals surface area contributed by atoms with E-state index >= 15 is 0 Å². The van der Waals surface area contributed by atoms with Crippen LogP contribution in [-0.4, -0.2) is 20.5 Å². The highest BCUT2D eigenvalue weighted by Crippen LogP contribution is 2.14. The number of fused-ring (bicyclic) bond motifs is 1. The van der Waals surface area contributed by atoms with Gasteiger partial charge in [0.05, 0.1) is 11.6 Å². The standard InChI is InChI=1S/C15H12F2N4O/c1-9(14-20-19-13-4-2-3-7-21(13)14)18-15(22)11-6-5-10(16)8-12(11)17/h2-9H,1H3,(H,18,22). The smallest absolute Gasteiger partial charge is 0.254 e. The van der Waals surface area contributed by atoms with Crippen LogP contribution in [-0.2, 0) is 0 Å². The Morgan fingerprint density at radius 2 is 2.05 bits per heavy atom. The average molecular weight is 302 g/mol. The first-order valence-electron chi connectivity index (χ1n) is 6.62. The maximum Gasteiger partial charge on any atom is 0.254 e. The van der Waals surface area contributed by atoms with Gasteiger partial charge < -0.3 is 5.32 Å². The van der Waals surface area contributed by atoms with Gasteiger partial charge in [-0.2, -0.15) is 0 Å². The first-order chi connectivity index (χ1) is 10.6. The van der Waals surface area contributed by atoms with Crippen LogP contribution in [0.3, 0.4) is 0 Å². The van der Waals surface area contributed by atoms with Gasteiger partial charge in [0, 0.05) is 12.3 Å². The van der Waals surface area contributed by atoms with Crippen LogP contribution in [0.1, 0.15) is 29.1 Å². The summed E-state index contributed by atoms with van der Waals surface area (Å²) >= 11 is 0. The fraction of sp³-hybridized carbons (Fsp3) is 0.133. The van der Waals surface area contributed by atoms with Crippen molar-refractivity contribution in [3.63, 3.8) is 0 Å². The van der Waals surface area contributed by atoms with E-state index in [9.17, 15) is 13.6 Å². The molecule has 0 radical (unpaired) electrons. The minimum atomic E-state index is -0.907. The van der Waals surface area contributed by atoms with E-state index in [1.165, 1.54) is 0 Å². The number of nitrogens with zero attached hydrogens (tertiary/aromatic N) is 3. The number of nitrogens with one attached hydrogen (secondary N) is 1. The molecule has 0 aliphatic rings. The lowest BCUT2D eigenvalue weighted by Gasteiger charge is -2.12. The Hall–Kier alpha value is -2.83. The van der Waals surface area contributed by atoms with Crippen molar-refractivity contribution >= 4 is 11.6 Å². The monoisotopic (exact) mass is 302 g/mol. The summed E-state index contributed by atoms with van der Waals surface area (Å²) < 4.78 is 28.2. The van der Waals surface area contributed by atoms with Crippen molar-refractivity contribution in [3.8, 4) is 0 Å². The molecule has 0 spiro atoms. The number of carbonyl (C=O) groups is 1. The second-order valence-corrected chi connectivity index (χ2v) is 4.81. The molecule has 0 fully saturated rings. The number of halogens is 2. The van der Waals surface area contributed by atoms with Crippen LogP contribution in [0.4, 0.5) is 8.78 Å². The summed E-state index contributed by atoms with van der Waals surface area (Å²) in [4.78, 5) is 12.1. The van der Waals surface area contributed by atoms with Crippen LogP contribution in [0.5, 0.6) is 0 Å². The molecule has 3 aromatic rings. The van der Waals surface area contributed by atoms with Crippen LogP contribution in [0.25, 0.3) is 5.65 Å². The molecule has 0 aliphatic heterocycles. The number of benzene rings is 1. The highest BCUT2D eigenvalue weighted by atomic mass is 19.1. The van der Waals surface area contributed by atoms with Gasteiger partial charge in [-0.15, -0.1) is 10.2 Å². The molecule has 0 bridgehead atoms. The van der Waals surface area contributed by atoms with Crippen molar-refractivity contribution in [1.29, 1.82) is 0 Å². The van der Waals surface area contributed by atoms with Crippen molar-refractivity contribution in [2.75, 3.05) is 0 Å². The number of hydrogen-bond donors (Lipinski definition) is 1. The lowest BCUT2D eigenvalue weighted by molar-refractivity contribution is 0.0934. The van der Waals surface area contributed by atoms with Crippen LogP contribution >= 0.6 is 0 Å². The number of hydrogen-bond acceptors (Lipinski definition) is 3. The molecule has 0 saturated carbocycles. The zero-order chi connectivity index (χ0) is 15.7. The predicted molar refractivity (Wildman–Crippen MR) is 75.2 cm³/mol. The summed E-state index contributed by atoms with van der Waals surface area (Å²) in [6.45, 7) is 1.71. The molecule has 1 amide bonds. The zero-order valence-corrected chi connectivity index (χ0v) is 11.6. The van der Waals surface area contributed by atoms with Gasteiger partial charge in [-0.3, -0.25) is 9.20 Å². The van der Waals surface area contributed by atoms with Crippen molar-refractivity contribution < 1.29 is 13.6 Å². The summed E-state index contributed by atoms with van der Waals surface area (Å²) in [5, 5.41) is 10.6. The summed E-state index contributed by atoms with van der Waals surface area (Å²) in [5.74, 6) is -1.76. The quantitative estimate of drug-likeness (QED) is 0.808. The molecule has 112 valence electrons. The maximum atomic E-state index is 13.6. The third-order valence-electron chi connectivity index (χ3n) is 3.25. The number of rotatable bonds is 3. The van der Waals surface area contributed by atoms with E-state index in [1.807, 2.05) is 12.1 Å². The van der Waals surface area contributed by atoms with Gasteiger partial charge in [-0.05, 0) is 31.2 Å². The number of aromatic nitrogens is 3. The minimum Gasteiger partial charge on any atom is -0.342 e. The van der Waals surface area contributed by atoms with Crippen LogP contribution in [0, 0.1) is 11.6 Å². The van der Waals surface area contributed by atoms with E-state index in [2.05, 4.69) is 15.5 Å². The van der Waals surface area contributed by atoms with E-state index in [4.69, 9.17) is 0 Å². The van der Waals surface area contributed by atoms with E-state index in [-0.39, 0.29) is 5.56 Å². The molecule has 1 aromatic carbocycles. The predicted octanol–water partition coefficient (Wildman–Crippen LogP) is 2.50. The third kappa shape index (κ3) is 2.52. The van der Waals surface area contributed by atoms with Crippen molar-refractivity contribution in [1.82, 2.24) is 19.9 Å². The maximum absolute atomic E-state index is 13.6. The van der Waals surface area contributed by atoms with Gasteiger partial charge in [0.1, 0.15) is 11.6 Å². The third-order valence-corrected chi connectivity index (χ3v) is 3.25. The number of amides is 1. The molecular weight excluding hydrogens is 290 g/mol. The molecule has 1 unspecified atom stereocenters. The van der Waals surface area contributed by atoms with E-state index in [0.717, 1.165) is 12.1 Å². The van der Waals surface area contributed by atoms with Gasteiger partial charge in [0.2, 0.25) is 0 Å². The van der Waals surface area contributed by atoms with Gasteiger partial charge in [0.15, 0.2) is 11.5 Å². The Morgan fingerprint density at radius 1 is 1.23 bits per heavy atom. The molecule has 7 heteroatoms. The fourth-order valence-corrected chi connectivity index (χ4v) is 2.17. The molecule has 2 aromatic heterocycles. The second kappa shape index (κ2) is 5.51. The Labute approximate surface area is 124 Å². The molecule has 0 aliphatic carbocycles. The molecular formula is C15H12F2N4O. The summed E-state index contributed by atoms with van der Waals surface area (Å²) in [5.41, 5.74) is 0.425. The topological polar surface area (TPSA) is 59.3 Å². The number of pyridine rings is 1. The van der Waals surface area contributed by atoms with E-state index in [0.29, 0.717) is 17.5 Å². The molecule has 1 atom stereocenters. The highest BCUT2D eigenvalue weighted by Gasteiger charge is 2.19. The first kappa shape index (κ1) is 14.1. The van der Waals surface area contributed by atoms with Gasteiger partial charge in [-0.1, -0.05) is 6.07 Å². The van der Waals surface area contributed by atoms with Crippen LogP contribution in [0.15, 0.2) is 42.6 Å². The molecule has 22 heavy (non-hydrogen) atoms. The number of carbonyl (C=O) groups excluding carboxylic acids is 1. The van der Waals surface area contributed by atoms with Crippen molar-refractivity contribution in [2.45, 2.75) is 13.0 Å². The summed E-state index contributed by atoms with van der Waals surface area (Å²) in [6.07, 6.45) is 1.77. The molecule has 2 heterocycles. The molecule has 1 N–H and O–H groups in total. The van der Waals surface area contributed by atoms with E-state index < -0.39 is 23.6 Å². The summed E-state index contributed by atoms with van der Waals surface area (Å²) in [6, 6.07) is 7.74. The highest BCUT2D eigenvalue weighted by molar-refractivity contribution is 5.94. The van der Waals surface area contributed by atoms with Crippen molar-refractivity contribution in [2.24, 2.45) is 0 Å². The average Bonchev–Trinajstić information content (AvgIpc) is 2.91. The first-order valence-corrected chi connectivity index (χ1v) is 6.62. The Balaban J connectivity index is 1.84. The van der Waals surface area contributed by atoms with Gasteiger partial charge in [0.25, 0.3) is 5.91 Å². The normalized spacial score (nSPS) is 12.3. The van der Waals surface area contributed by atoms with Gasteiger partial charge >= 0.3 is 0 Å². The van der Waals surface area contributed by atoms with E-state index in [1.54, 1.807) is 23.6 Å². The Bertz CT molecular complexity index is 846. The van der Waals surface area contributed by atoms with Crippen LogP contribution < -0.4 is 5.32 Å². The molecule has 5 nitrogen and oxygen atoms in total. The lowest BCUT2D eigenvalue weighted by atomic mass is 10.2. The SMILES string of the molecule is CC(NC(=O)c1ccc(F)cc1F)c1nnc2ccccn12.